The first-order chi connectivity index (χ1) is 42.1. The Morgan fingerprint density at radius 3 is 1.44 bits per heavy atom. The van der Waals surface area contributed by atoms with Gasteiger partial charge in [-0.2, -0.15) is 0 Å². The Morgan fingerprint density at radius 1 is 0.578 bits per heavy atom. The molecule has 90 heavy (non-hydrogen) atoms. The van der Waals surface area contributed by atoms with E-state index in [9.17, 15) is 29.4 Å². The Hall–Kier alpha value is -6.66. The highest BCUT2D eigenvalue weighted by Crippen LogP contribution is 2.42. The van der Waals surface area contributed by atoms with Crippen molar-refractivity contribution in [1.82, 2.24) is 0 Å². The molecule has 0 bridgehead atoms. The summed E-state index contributed by atoms with van der Waals surface area (Å²) in [5.41, 5.74) is 15.3. The highest BCUT2D eigenvalue weighted by atomic mass is 28.4. The van der Waals surface area contributed by atoms with E-state index in [1.807, 2.05) is 127 Å². The molecule has 4 unspecified atom stereocenters. The average Bonchev–Trinajstić information content (AvgIpc) is 0.922. The van der Waals surface area contributed by atoms with Crippen LogP contribution >= 0.6 is 0 Å². The predicted octanol–water partition coefficient (Wildman–Crippen LogP) is 16.2. The van der Waals surface area contributed by atoms with Crippen molar-refractivity contribution in [2.24, 2.45) is 70.6 Å². The molecule has 0 saturated carbocycles. The minimum atomic E-state index is -2.21. The van der Waals surface area contributed by atoms with Crippen LogP contribution in [0.3, 0.4) is 0 Å². The Bertz CT molecular complexity index is 3240. The smallest absolute Gasteiger partial charge is 0.404 e. The van der Waals surface area contributed by atoms with Crippen molar-refractivity contribution < 1.29 is 52.0 Å². The van der Waals surface area contributed by atoms with E-state index in [-0.39, 0.29) is 88.8 Å². The lowest BCUT2D eigenvalue weighted by molar-refractivity contribution is -0.0947. The van der Waals surface area contributed by atoms with Gasteiger partial charge in [-0.1, -0.05) is 211 Å². The molecule has 15 nitrogen and oxygen atoms in total. The van der Waals surface area contributed by atoms with Crippen molar-refractivity contribution in [2.45, 2.75) is 171 Å². The predicted molar refractivity (Wildman–Crippen MR) is 370 cm³/mol. The molecular weight excluding hydrogens is 1150 g/mol. The number of ether oxygens (including phenoxy) is 4. The van der Waals surface area contributed by atoms with Gasteiger partial charge in [0.2, 0.25) is 0 Å². The highest BCUT2D eigenvalue weighted by molar-refractivity contribution is 6.74. The van der Waals surface area contributed by atoms with E-state index in [2.05, 4.69) is 93.8 Å². The van der Waals surface area contributed by atoms with E-state index in [1.165, 1.54) is 17.7 Å². The second kappa shape index (κ2) is 37.0. The summed E-state index contributed by atoms with van der Waals surface area (Å²) in [6, 6.07) is 17.8. The number of methoxy groups -OCH3 is 1. The normalized spacial score (nSPS) is 18.3. The molecule has 2 heterocycles. The molecule has 0 aliphatic carbocycles. The number of benzene rings is 2. The first-order valence-corrected chi connectivity index (χ1v) is 34.5. The molecule has 2 amide bonds. The minimum absolute atomic E-state index is 0.00531. The van der Waals surface area contributed by atoms with Crippen LogP contribution in [0.5, 0.6) is 0 Å². The molecule has 4 rings (SSSR count). The summed E-state index contributed by atoms with van der Waals surface area (Å²) in [6.45, 7) is 43.3. The third-order valence-electron chi connectivity index (χ3n) is 17.5. The van der Waals surface area contributed by atoms with Crippen LogP contribution in [0.4, 0.5) is 9.59 Å². The van der Waals surface area contributed by atoms with Gasteiger partial charge in [0.05, 0.1) is 24.4 Å². The molecule has 16 atom stereocenters. The van der Waals surface area contributed by atoms with Crippen molar-refractivity contribution >= 4 is 54.6 Å². The third-order valence-corrected chi connectivity index (χ3v) is 21.9. The Kier molecular flexibility index (Phi) is 31.9. The molecular formula is C74H108N2O13Si. The standard InChI is InChI=1S/C41H63NO7Si.C33H45NO6/c1-14-15-16-28(3)38(48-40(42)44)32(7)39(49-50(12,13)41(8,9)10)31(6)24-27(2)23-30(5)37(46-26-45-11)29(4)17-18-33-19-20-34-21-22-36(43)47-35(34)25-33;1-8-9-10-22(4)32(40-33(34)38)25(7)31(37)24(6)18-20(2)17-23(5)30(36)21(3)11-12-26-13-14-27-15-16-29(35)39-28(27)19-26/h14-23,25,28-32,37-39H,1,24,26H2,2-13H3,(H2,42,44);8-17,19,21-25,30-32,36-37H,1,18H2,2-7H3,(H2,34,38)/b16-15-,18-17-,27-23-;10-9-,12-11-,20-17-/t28?,29?,30-,31-,32+,37-,38-,39+;21?,22?,23-,24-,25-,30-,31+,32-/m00/s1. The maximum absolute atomic E-state index is 12.1. The van der Waals surface area contributed by atoms with E-state index >= 15 is 0 Å². The number of nitrogens with two attached hydrogens (primary N) is 2. The molecule has 2 aromatic carbocycles. The zero-order chi connectivity index (χ0) is 67.8. The largest absolute Gasteiger partial charge is 0.445 e. The van der Waals surface area contributed by atoms with Gasteiger partial charge in [-0.05, 0) is 92.0 Å². The molecule has 0 aliphatic rings. The van der Waals surface area contributed by atoms with Crippen LogP contribution < -0.4 is 22.7 Å². The number of aliphatic hydroxyl groups excluding tert-OH is 2. The van der Waals surface area contributed by atoms with Crippen LogP contribution in [0.25, 0.3) is 34.1 Å². The van der Waals surface area contributed by atoms with Crippen LogP contribution in [-0.2, 0) is 23.4 Å². The lowest BCUT2D eigenvalue weighted by Crippen LogP contribution is -2.50. The highest BCUT2D eigenvalue weighted by Gasteiger charge is 2.44. The third kappa shape index (κ3) is 24.9. The topological polar surface area (TPSA) is 233 Å². The Morgan fingerprint density at radius 2 is 1.00 bits per heavy atom. The van der Waals surface area contributed by atoms with Crippen molar-refractivity contribution in [3.8, 4) is 0 Å². The van der Waals surface area contributed by atoms with Gasteiger partial charge in [0.15, 0.2) is 8.32 Å². The summed E-state index contributed by atoms with van der Waals surface area (Å²) in [6.07, 6.45) is 20.2. The summed E-state index contributed by atoms with van der Waals surface area (Å²) in [7, 11) is -0.588. The van der Waals surface area contributed by atoms with Gasteiger partial charge < -0.3 is 53.9 Å². The van der Waals surface area contributed by atoms with Gasteiger partial charge in [-0.15, -0.1) is 0 Å². The first-order valence-electron chi connectivity index (χ1n) is 31.6. The van der Waals surface area contributed by atoms with Crippen molar-refractivity contribution in [3.63, 3.8) is 0 Å². The van der Waals surface area contributed by atoms with Gasteiger partial charge in [0.1, 0.15) is 30.2 Å². The lowest BCUT2D eigenvalue weighted by Gasteiger charge is -2.44. The van der Waals surface area contributed by atoms with Crippen molar-refractivity contribution in [1.29, 1.82) is 0 Å². The van der Waals surface area contributed by atoms with E-state index < -0.39 is 50.5 Å². The molecule has 0 spiro atoms. The Labute approximate surface area is 537 Å². The van der Waals surface area contributed by atoms with Gasteiger partial charge in [-0.3, -0.25) is 0 Å². The summed E-state index contributed by atoms with van der Waals surface area (Å²) in [5.74, 6) is -0.864. The number of allylic oxidation sites excluding steroid dienone is 6. The van der Waals surface area contributed by atoms with Crippen LogP contribution in [0.2, 0.25) is 18.1 Å². The second-order valence-corrected chi connectivity index (χ2v) is 31.2. The van der Waals surface area contributed by atoms with Gasteiger partial charge in [-0.25, -0.2) is 19.2 Å². The molecule has 0 aliphatic heterocycles. The number of amides is 2. The number of aliphatic hydroxyl groups is 2. The first kappa shape index (κ1) is 77.6. The SMILES string of the molecule is C=C/C=C\C(C)[C@H](OC(N)=O)[C@@H](C)[C@H](O)[C@@H](C)C/C(C)=C\[C@H](C)[C@@H](O)C(C)/C=C\c1ccc2ccc(=O)oc2c1.C=C/C=C\C(C)[C@H](OC(N)=O)[C@@H](C)[C@H](O[Si](C)(C)C(C)(C)C)[C@@H](C)C/C(C)=C\[C@H](C)[C@@H](OCOC)C(C)/C=C\c1ccc2ccc(=O)oc2c1. The monoisotopic (exact) mass is 1260 g/mol. The fraction of sp³-hybridized carbons (Fsp3) is 0.514. The van der Waals surface area contributed by atoms with E-state index in [1.54, 1.807) is 37.5 Å². The fourth-order valence-electron chi connectivity index (χ4n) is 11.5. The molecule has 0 saturated heterocycles. The molecule has 4 aromatic rings. The zero-order valence-corrected chi connectivity index (χ0v) is 58.0. The number of rotatable bonds is 33. The Balaban J connectivity index is 0.000000482. The van der Waals surface area contributed by atoms with Crippen molar-refractivity contribution in [3.05, 3.63) is 178 Å². The maximum atomic E-state index is 12.1. The van der Waals surface area contributed by atoms with Crippen LogP contribution in [0.1, 0.15) is 128 Å². The number of primary amides is 2. The quantitative estimate of drug-likeness (QED) is 0.0114. The van der Waals surface area contributed by atoms with Gasteiger partial charge >= 0.3 is 23.4 Å². The second-order valence-electron chi connectivity index (χ2n) is 26.5. The van der Waals surface area contributed by atoms with Gasteiger partial charge in [0.25, 0.3) is 0 Å². The lowest BCUT2D eigenvalue weighted by atomic mass is 9.81. The number of carbonyl (C=O) groups excluding carboxylic acids is 2. The van der Waals surface area contributed by atoms with Gasteiger partial charge in [0, 0.05) is 77.4 Å². The maximum Gasteiger partial charge on any atom is 0.404 e. The number of fused-ring (bicyclic) bond motifs is 2. The molecule has 496 valence electrons. The van der Waals surface area contributed by atoms with E-state index in [0.717, 1.165) is 33.9 Å². The van der Waals surface area contributed by atoms with Crippen LogP contribution in [0, 0.1) is 59.2 Å². The zero-order valence-electron chi connectivity index (χ0n) is 57.0. The molecule has 0 radical (unpaired) electrons. The number of hydrogen-bond acceptors (Lipinski definition) is 13. The number of carbonyl (C=O) groups is 2. The average molecular weight is 1260 g/mol. The molecule has 16 heteroatoms. The van der Waals surface area contributed by atoms with E-state index in [4.69, 9.17) is 43.7 Å². The van der Waals surface area contributed by atoms with Crippen molar-refractivity contribution in [2.75, 3.05) is 13.9 Å². The minimum Gasteiger partial charge on any atom is -0.445 e. The summed E-state index contributed by atoms with van der Waals surface area (Å²) < 4.78 is 40.5. The fourth-order valence-corrected chi connectivity index (χ4v) is 13.0. The summed E-state index contributed by atoms with van der Waals surface area (Å²) in [5, 5.41) is 23.8. The molecule has 6 N–H and O–H groups in total. The number of hydrogen-bond donors (Lipinski definition) is 4. The molecule has 2 aromatic heterocycles. The summed E-state index contributed by atoms with van der Waals surface area (Å²) in [4.78, 5) is 46.8. The van der Waals surface area contributed by atoms with Crippen LogP contribution in [-0.4, -0.2) is 81.2 Å². The summed E-state index contributed by atoms with van der Waals surface area (Å²) >= 11 is 0. The van der Waals surface area contributed by atoms with Crippen LogP contribution in [0.15, 0.2) is 164 Å². The van der Waals surface area contributed by atoms with E-state index in [0.29, 0.717) is 17.6 Å². The molecule has 0 fully saturated rings.